The summed E-state index contributed by atoms with van der Waals surface area (Å²) in [5.74, 6) is 0. The topological polar surface area (TPSA) is 51.4 Å². The minimum absolute atomic E-state index is 0.261. The van der Waals surface area contributed by atoms with Crippen LogP contribution in [0.3, 0.4) is 0 Å². The first-order chi connectivity index (χ1) is 10.0. The fourth-order valence-corrected chi connectivity index (χ4v) is 4.13. The first-order valence-corrected chi connectivity index (χ1v) is 8.70. The lowest BCUT2D eigenvalue weighted by molar-refractivity contribution is 0.600. The van der Waals surface area contributed by atoms with Crippen molar-refractivity contribution in [2.24, 2.45) is 11.4 Å². The standard InChI is InChI=1S/C15H14N2O2S2/c1-11-13(12-6-3-4-7-14(12)17(11)2)10-16-21(18,19)15-8-5-9-20-15/h3-10H,1-2H3/b16-10-. The Morgan fingerprint density at radius 1 is 1.19 bits per heavy atom. The molecular weight excluding hydrogens is 304 g/mol. The number of thiophene rings is 1. The summed E-state index contributed by atoms with van der Waals surface area (Å²) in [4.78, 5) is 0. The van der Waals surface area contributed by atoms with Crippen LogP contribution in [0.4, 0.5) is 0 Å². The molecule has 0 fully saturated rings. The van der Waals surface area contributed by atoms with Gasteiger partial charge in [-0.2, -0.15) is 12.8 Å². The maximum Gasteiger partial charge on any atom is 0.291 e. The second-order valence-electron chi connectivity index (χ2n) is 4.72. The Kier molecular flexibility index (Phi) is 3.43. The van der Waals surface area contributed by atoms with E-state index in [4.69, 9.17) is 0 Å². The van der Waals surface area contributed by atoms with Crippen molar-refractivity contribution in [1.82, 2.24) is 4.57 Å². The molecule has 0 unspecified atom stereocenters. The summed E-state index contributed by atoms with van der Waals surface area (Å²) in [6.07, 6.45) is 1.45. The van der Waals surface area contributed by atoms with Crippen LogP contribution >= 0.6 is 11.3 Å². The molecule has 108 valence electrons. The molecule has 0 saturated heterocycles. The van der Waals surface area contributed by atoms with Crippen molar-refractivity contribution >= 4 is 38.5 Å². The molecule has 2 aromatic heterocycles. The lowest BCUT2D eigenvalue weighted by atomic mass is 10.1. The van der Waals surface area contributed by atoms with E-state index >= 15 is 0 Å². The summed E-state index contributed by atoms with van der Waals surface area (Å²) in [7, 11) is -1.65. The predicted octanol–water partition coefficient (Wildman–Crippen LogP) is 3.36. The van der Waals surface area contributed by atoms with Gasteiger partial charge in [0.2, 0.25) is 0 Å². The normalized spacial score (nSPS) is 12.5. The van der Waals surface area contributed by atoms with E-state index in [9.17, 15) is 8.42 Å². The monoisotopic (exact) mass is 318 g/mol. The van der Waals surface area contributed by atoms with E-state index in [-0.39, 0.29) is 4.21 Å². The average Bonchev–Trinajstić information content (AvgIpc) is 3.08. The first-order valence-electron chi connectivity index (χ1n) is 6.38. The Balaban J connectivity index is 2.11. The van der Waals surface area contributed by atoms with Gasteiger partial charge in [-0.25, -0.2) is 0 Å². The molecule has 0 aliphatic rings. The lowest BCUT2D eigenvalue weighted by Crippen LogP contribution is -1.96. The number of hydrogen-bond donors (Lipinski definition) is 0. The fourth-order valence-electron chi connectivity index (χ4n) is 2.30. The molecule has 2 heterocycles. The van der Waals surface area contributed by atoms with Crippen LogP contribution in [0.15, 0.2) is 50.4 Å². The number of rotatable bonds is 3. The van der Waals surface area contributed by atoms with Crippen LogP contribution in [0.2, 0.25) is 0 Å². The van der Waals surface area contributed by atoms with E-state index in [1.54, 1.807) is 17.5 Å². The highest BCUT2D eigenvalue weighted by atomic mass is 32.2. The molecule has 6 heteroatoms. The SMILES string of the molecule is Cc1c(/C=N\S(=O)(=O)c2cccs2)c2ccccc2n1C. The zero-order valence-corrected chi connectivity index (χ0v) is 13.3. The largest absolute Gasteiger partial charge is 0.347 e. The van der Waals surface area contributed by atoms with Gasteiger partial charge in [-0.1, -0.05) is 24.3 Å². The van der Waals surface area contributed by atoms with Crippen molar-refractivity contribution < 1.29 is 8.42 Å². The minimum Gasteiger partial charge on any atom is -0.347 e. The molecule has 3 aromatic rings. The molecule has 0 aliphatic carbocycles. The molecule has 3 rings (SSSR count). The van der Waals surface area contributed by atoms with E-state index in [0.29, 0.717) is 0 Å². The Labute approximate surface area is 127 Å². The Hall–Kier alpha value is -1.92. The minimum atomic E-state index is -3.61. The number of nitrogens with zero attached hydrogens (tertiary/aromatic N) is 2. The van der Waals surface area contributed by atoms with E-state index in [2.05, 4.69) is 4.40 Å². The predicted molar refractivity (Wildman–Crippen MR) is 86.8 cm³/mol. The first kappa shape index (κ1) is 14.0. The third-order valence-corrected chi connectivity index (χ3v) is 6.13. The van der Waals surface area contributed by atoms with Gasteiger partial charge in [-0.3, -0.25) is 0 Å². The second-order valence-corrected chi connectivity index (χ2v) is 7.52. The summed E-state index contributed by atoms with van der Waals surface area (Å²) < 4.78 is 30.4. The Bertz CT molecular complexity index is 920. The average molecular weight is 318 g/mol. The third-order valence-electron chi connectivity index (χ3n) is 3.52. The number of sulfonamides is 1. The van der Waals surface area contributed by atoms with E-state index in [1.807, 2.05) is 42.8 Å². The number of aromatic nitrogens is 1. The van der Waals surface area contributed by atoms with Crippen LogP contribution in [0, 0.1) is 6.92 Å². The third kappa shape index (κ3) is 2.41. The molecule has 21 heavy (non-hydrogen) atoms. The van der Waals surface area contributed by atoms with E-state index in [0.717, 1.165) is 22.2 Å². The van der Waals surface area contributed by atoms with Gasteiger partial charge >= 0.3 is 0 Å². The molecular formula is C15H14N2O2S2. The molecule has 4 nitrogen and oxygen atoms in total. The summed E-state index contributed by atoms with van der Waals surface area (Å²) in [6.45, 7) is 1.96. The van der Waals surface area contributed by atoms with Crippen LogP contribution in [0.1, 0.15) is 11.3 Å². The van der Waals surface area contributed by atoms with Crippen molar-refractivity contribution in [2.45, 2.75) is 11.1 Å². The molecule has 0 atom stereocenters. The van der Waals surface area contributed by atoms with E-state index < -0.39 is 10.0 Å². The number of fused-ring (bicyclic) bond motifs is 1. The summed E-state index contributed by atoms with van der Waals surface area (Å²) in [6, 6.07) is 11.1. The van der Waals surface area contributed by atoms with E-state index in [1.165, 1.54) is 17.6 Å². The van der Waals surface area contributed by atoms with Crippen LogP contribution in [-0.4, -0.2) is 19.2 Å². The highest BCUT2D eigenvalue weighted by Crippen LogP contribution is 2.24. The van der Waals surface area contributed by atoms with Gasteiger partial charge in [0.15, 0.2) is 0 Å². The molecule has 1 aromatic carbocycles. The molecule has 0 radical (unpaired) electrons. The molecule has 0 bridgehead atoms. The van der Waals surface area contributed by atoms with Crippen molar-refractivity contribution in [3.63, 3.8) is 0 Å². The quantitative estimate of drug-likeness (QED) is 0.695. The smallest absolute Gasteiger partial charge is 0.291 e. The fraction of sp³-hybridized carbons (Fsp3) is 0.133. The summed E-state index contributed by atoms with van der Waals surface area (Å²) >= 11 is 1.17. The highest BCUT2D eigenvalue weighted by molar-refractivity contribution is 7.92. The van der Waals surface area contributed by atoms with Gasteiger partial charge in [-0.15, -0.1) is 11.3 Å². The molecule has 0 aliphatic heterocycles. The number of benzene rings is 1. The van der Waals surface area contributed by atoms with Crippen LogP contribution < -0.4 is 0 Å². The number of aryl methyl sites for hydroxylation is 1. The number of para-hydroxylation sites is 1. The molecule has 0 spiro atoms. The van der Waals surface area contributed by atoms with Gasteiger partial charge < -0.3 is 4.57 Å². The number of hydrogen-bond acceptors (Lipinski definition) is 3. The Morgan fingerprint density at radius 3 is 2.67 bits per heavy atom. The van der Waals surface area contributed by atoms with Crippen LogP contribution in [0.5, 0.6) is 0 Å². The van der Waals surface area contributed by atoms with Crippen molar-refractivity contribution in [3.8, 4) is 0 Å². The lowest BCUT2D eigenvalue weighted by Gasteiger charge is -1.97. The molecule has 0 N–H and O–H groups in total. The summed E-state index contributed by atoms with van der Waals surface area (Å²) in [5, 5.41) is 2.73. The van der Waals surface area contributed by atoms with Crippen LogP contribution in [0.25, 0.3) is 10.9 Å². The van der Waals surface area contributed by atoms with Crippen molar-refractivity contribution in [2.75, 3.05) is 0 Å². The van der Waals surface area contributed by atoms with Crippen molar-refractivity contribution in [3.05, 3.63) is 53.0 Å². The van der Waals surface area contributed by atoms with Crippen molar-refractivity contribution in [1.29, 1.82) is 0 Å². The van der Waals surface area contributed by atoms with Gasteiger partial charge in [0.05, 0.1) is 6.21 Å². The van der Waals surface area contributed by atoms with Gasteiger partial charge in [-0.05, 0) is 24.4 Å². The van der Waals surface area contributed by atoms with Gasteiger partial charge in [0.25, 0.3) is 10.0 Å². The molecule has 0 amide bonds. The second kappa shape index (κ2) is 5.13. The zero-order chi connectivity index (χ0) is 15.0. The zero-order valence-electron chi connectivity index (χ0n) is 11.6. The Morgan fingerprint density at radius 2 is 1.95 bits per heavy atom. The summed E-state index contributed by atoms with van der Waals surface area (Å²) in [5.41, 5.74) is 2.89. The maximum atomic E-state index is 12.1. The molecule has 0 saturated carbocycles. The maximum absolute atomic E-state index is 12.1. The van der Waals surface area contributed by atoms with Gasteiger partial charge in [0.1, 0.15) is 4.21 Å². The van der Waals surface area contributed by atoms with Crippen LogP contribution in [-0.2, 0) is 17.1 Å². The highest BCUT2D eigenvalue weighted by Gasteiger charge is 2.14. The van der Waals surface area contributed by atoms with Gasteiger partial charge in [0, 0.05) is 29.2 Å².